The van der Waals surface area contributed by atoms with Gasteiger partial charge in [-0.05, 0) is 0 Å². The van der Waals surface area contributed by atoms with Crippen LogP contribution >= 0.6 is 0 Å². The van der Waals surface area contributed by atoms with Crippen molar-refractivity contribution < 1.29 is 75.0 Å². The van der Waals surface area contributed by atoms with Gasteiger partial charge in [-0.3, -0.25) is 12.0 Å². The molecule has 0 heterocycles. The number of hydrogen-bond donors (Lipinski definition) is 0. The van der Waals surface area contributed by atoms with Gasteiger partial charge in [0.05, 0.1) is 0 Å². The Morgan fingerprint density at radius 2 is 1.43 bits per heavy atom. The van der Waals surface area contributed by atoms with E-state index < -0.39 is 0 Å². The summed E-state index contributed by atoms with van der Waals surface area (Å²) >= 11 is 0. The standard InChI is InChI=1S/C6H9O.C4H3O.2Y/c1-4-5(2)6(3)7;1-3-4(2)5;;/h1-3H3;2H3;;/q2*-1;;. The molecule has 0 aliphatic rings. The van der Waals surface area contributed by atoms with Crippen LogP contribution in [0.25, 0.3) is 0 Å². The molecule has 2 nitrogen and oxygen atoms in total. The van der Waals surface area contributed by atoms with Crippen LogP contribution in [0.3, 0.4) is 0 Å². The maximum absolute atomic E-state index is 10.3. The summed E-state index contributed by atoms with van der Waals surface area (Å²) in [5.41, 5.74) is 0.708. The number of allylic oxidation sites excluding steroid dienone is 2. The van der Waals surface area contributed by atoms with Crippen molar-refractivity contribution in [1.82, 2.24) is 0 Å². The van der Waals surface area contributed by atoms with E-state index in [0.29, 0.717) is 5.57 Å². The Morgan fingerprint density at radius 1 is 1.14 bits per heavy atom. The number of carbonyl (C=O) groups is 2. The van der Waals surface area contributed by atoms with Gasteiger partial charge in [-0.25, -0.2) is 0 Å². The van der Waals surface area contributed by atoms with E-state index in [1.54, 1.807) is 19.8 Å². The molecule has 0 aromatic carbocycles. The molecule has 0 rings (SSSR count). The third-order valence-corrected chi connectivity index (χ3v) is 1.08. The van der Waals surface area contributed by atoms with Gasteiger partial charge in [0.25, 0.3) is 0 Å². The number of ketones is 2. The van der Waals surface area contributed by atoms with Crippen molar-refractivity contribution in [3.05, 3.63) is 18.1 Å². The molecule has 14 heavy (non-hydrogen) atoms. The minimum absolute atomic E-state index is 0. The van der Waals surface area contributed by atoms with Crippen LogP contribution in [0.1, 0.15) is 27.7 Å². The summed E-state index contributed by atoms with van der Waals surface area (Å²) in [7, 11) is 0. The first-order valence-electron chi connectivity index (χ1n) is 3.41. The molecule has 0 N–H and O–H groups in total. The summed E-state index contributed by atoms with van der Waals surface area (Å²) in [6.45, 7) is 6.30. The molecule has 72 valence electrons. The van der Waals surface area contributed by atoms with E-state index in [4.69, 9.17) is 6.42 Å². The Bertz CT molecular complexity index is 237. The van der Waals surface area contributed by atoms with Crippen LogP contribution in [0.5, 0.6) is 0 Å². The zero-order valence-electron chi connectivity index (χ0n) is 8.97. The van der Waals surface area contributed by atoms with Gasteiger partial charge in [0.1, 0.15) is 0 Å². The molecule has 0 amide bonds. The summed E-state index contributed by atoms with van der Waals surface area (Å²) in [6.07, 6.45) is 8.79. The monoisotopic (exact) mass is 342 g/mol. The van der Waals surface area contributed by atoms with Crippen LogP contribution in [-0.2, 0) is 75.0 Å². The van der Waals surface area contributed by atoms with E-state index in [1.807, 2.05) is 0 Å². The van der Waals surface area contributed by atoms with Crippen LogP contribution in [0, 0.1) is 18.4 Å². The van der Waals surface area contributed by atoms with E-state index in [0.717, 1.165) is 0 Å². The molecule has 0 unspecified atom stereocenters. The molecule has 0 saturated carbocycles. The third-order valence-electron chi connectivity index (χ3n) is 1.08. The number of Topliss-reactive ketones (excluding diaryl/α,β-unsaturated/α-hetero) is 2. The molecular formula is C10H12O2Y2-2. The van der Waals surface area contributed by atoms with E-state index >= 15 is 0 Å². The van der Waals surface area contributed by atoms with Crippen molar-refractivity contribution in [1.29, 1.82) is 0 Å². The van der Waals surface area contributed by atoms with Crippen molar-refractivity contribution in [2.75, 3.05) is 0 Å². The molecule has 0 fully saturated rings. The van der Waals surface area contributed by atoms with E-state index in [9.17, 15) is 9.59 Å². The molecule has 0 aromatic heterocycles. The minimum atomic E-state index is -0.329. The maximum Gasteiger partial charge on any atom is 0.0435 e. The van der Waals surface area contributed by atoms with Gasteiger partial charge in [0.15, 0.2) is 0 Å². The fourth-order valence-corrected chi connectivity index (χ4v) is 0.176. The largest absolute Gasteiger partial charge is 0.407 e. The molecule has 0 aliphatic carbocycles. The molecule has 0 spiro atoms. The molecule has 0 atom stereocenters. The van der Waals surface area contributed by atoms with E-state index in [-0.39, 0.29) is 77.0 Å². The van der Waals surface area contributed by atoms with Crippen molar-refractivity contribution in [2.24, 2.45) is 0 Å². The molecule has 0 saturated heterocycles. The topological polar surface area (TPSA) is 34.1 Å². The minimum Gasteiger partial charge on any atom is -0.407 e. The molecular weight excluding hydrogens is 330 g/mol. The van der Waals surface area contributed by atoms with Gasteiger partial charge < -0.3 is 16.0 Å². The smallest absolute Gasteiger partial charge is 0.0435 e. The van der Waals surface area contributed by atoms with Crippen LogP contribution in [0.4, 0.5) is 0 Å². The Balaban J connectivity index is -0.0000000651. The van der Waals surface area contributed by atoms with Crippen molar-refractivity contribution in [2.45, 2.75) is 27.7 Å². The molecule has 0 aliphatic heterocycles. The average Bonchev–Trinajstić information content (AvgIpc) is 2.04. The normalized spacial score (nSPS) is 7.79. The van der Waals surface area contributed by atoms with Gasteiger partial charge in [-0.15, -0.1) is 6.92 Å². The number of rotatable bonds is 1. The SMILES string of the molecule is C[C-]=C(C)C(C)=O.[C-]#CC(C)=O.[Y].[Y]. The number of carbonyl (C=O) groups excluding carboxylic acids is 2. The van der Waals surface area contributed by atoms with Crippen molar-refractivity contribution in [3.8, 4) is 5.92 Å². The van der Waals surface area contributed by atoms with Crippen LogP contribution in [0.2, 0.25) is 0 Å². The van der Waals surface area contributed by atoms with Gasteiger partial charge in [0, 0.05) is 77.0 Å². The molecule has 4 heteroatoms. The zero-order chi connectivity index (χ0) is 10.1. The van der Waals surface area contributed by atoms with Crippen LogP contribution in [-0.4, -0.2) is 11.6 Å². The van der Waals surface area contributed by atoms with Gasteiger partial charge in [-0.1, -0.05) is 20.8 Å². The van der Waals surface area contributed by atoms with Gasteiger partial charge in [0.2, 0.25) is 0 Å². The van der Waals surface area contributed by atoms with E-state index in [1.165, 1.54) is 13.8 Å². The van der Waals surface area contributed by atoms with Crippen LogP contribution < -0.4 is 0 Å². The molecule has 0 bridgehead atoms. The van der Waals surface area contributed by atoms with Gasteiger partial charge in [-0.2, -0.15) is 5.57 Å². The predicted molar refractivity (Wildman–Crippen MR) is 46.6 cm³/mol. The maximum atomic E-state index is 10.3. The average molecular weight is 342 g/mol. The fraction of sp³-hybridized carbons (Fsp3) is 0.400. The molecule has 2 radical (unpaired) electrons. The summed E-state index contributed by atoms with van der Waals surface area (Å²) in [4.78, 5) is 19.8. The summed E-state index contributed by atoms with van der Waals surface area (Å²) < 4.78 is 0. The second kappa shape index (κ2) is 16.3. The Morgan fingerprint density at radius 3 is 1.43 bits per heavy atom. The van der Waals surface area contributed by atoms with Crippen molar-refractivity contribution in [3.63, 3.8) is 0 Å². The quantitative estimate of drug-likeness (QED) is 0.411. The second-order valence-corrected chi connectivity index (χ2v) is 2.11. The first-order valence-corrected chi connectivity index (χ1v) is 3.41. The summed E-state index contributed by atoms with van der Waals surface area (Å²) in [5, 5.41) is 0. The van der Waals surface area contributed by atoms with Crippen molar-refractivity contribution >= 4 is 11.6 Å². The van der Waals surface area contributed by atoms with Gasteiger partial charge >= 0.3 is 0 Å². The first kappa shape index (κ1) is 24.2. The second-order valence-electron chi connectivity index (χ2n) is 2.11. The summed E-state index contributed by atoms with van der Waals surface area (Å²) in [6, 6.07) is 0. The Kier molecular flexibility index (Phi) is 28.1. The predicted octanol–water partition coefficient (Wildman–Crippen LogP) is 1.50. The number of hydrogen-bond acceptors (Lipinski definition) is 2. The zero-order valence-corrected chi connectivity index (χ0v) is 14.6. The molecule has 0 aromatic rings. The first-order chi connectivity index (χ1) is 5.45. The van der Waals surface area contributed by atoms with Crippen LogP contribution in [0.15, 0.2) is 5.57 Å². The van der Waals surface area contributed by atoms with E-state index in [2.05, 4.69) is 6.08 Å². The third kappa shape index (κ3) is 23.0. The summed E-state index contributed by atoms with van der Waals surface area (Å²) in [5.74, 6) is 1.41. The Hall–Kier alpha value is 0.848. The fourth-order valence-electron chi connectivity index (χ4n) is 0.176. The Labute approximate surface area is 136 Å².